The van der Waals surface area contributed by atoms with Gasteiger partial charge in [-0.15, -0.1) is 0 Å². The zero-order chi connectivity index (χ0) is 17.8. The molecule has 0 saturated carbocycles. The maximum absolute atomic E-state index is 11.5. The molecule has 0 unspecified atom stereocenters. The first kappa shape index (κ1) is 16.7. The number of anilines is 3. The number of carbonyl (C=O) groups excluding carboxylic acids is 1. The van der Waals surface area contributed by atoms with Gasteiger partial charge in [-0.1, -0.05) is 24.3 Å². The fourth-order valence-electron chi connectivity index (χ4n) is 2.57. The second-order valence-electron chi connectivity index (χ2n) is 6.14. The number of rotatable bonds is 5. The molecule has 126 valence electrons. The van der Waals surface area contributed by atoms with Gasteiger partial charge in [0.05, 0.1) is 0 Å². The molecule has 4 nitrogen and oxygen atoms in total. The van der Waals surface area contributed by atoms with E-state index in [0.717, 1.165) is 28.3 Å². The SMILES string of the molecule is CC(=O)c1cccc(-c2ccc(Nc3cccc(N(C)C)c3)nc2)c1. The van der Waals surface area contributed by atoms with Crippen LogP contribution in [0.4, 0.5) is 17.2 Å². The van der Waals surface area contributed by atoms with E-state index in [4.69, 9.17) is 0 Å². The Morgan fingerprint density at radius 1 is 0.960 bits per heavy atom. The maximum atomic E-state index is 11.5. The monoisotopic (exact) mass is 331 g/mol. The van der Waals surface area contributed by atoms with E-state index in [1.165, 1.54) is 0 Å². The van der Waals surface area contributed by atoms with Crippen LogP contribution in [0.25, 0.3) is 11.1 Å². The molecule has 3 rings (SSSR count). The maximum Gasteiger partial charge on any atom is 0.159 e. The lowest BCUT2D eigenvalue weighted by Gasteiger charge is -2.14. The Balaban J connectivity index is 1.80. The summed E-state index contributed by atoms with van der Waals surface area (Å²) in [7, 11) is 4.03. The average Bonchev–Trinajstić information content (AvgIpc) is 2.62. The molecule has 0 aliphatic carbocycles. The van der Waals surface area contributed by atoms with Gasteiger partial charge in [0.1, 0.15) is 5.82 Å². The normalized spacial score (nSPS) is 10.4. The third-order valence-electron chi connectivity index (χ3n) is 4.00. The second-order valence-corrected chi connectivity index (χ2v) is 6.14. The molecule has 1 aromatic heterocycles. The second kappa shape index (κ2) is 7.18. The van der Waals surface area contributed by atoms with Gasteiger partial charge in [-0.3, -0.25) is 4.79 Å². The minimum absolute atomic E-state index is 0.0638. The fraction of sp³-hybridized carbons (Fsp3) is 0.143. The van der Waals surface area contributed by atoms with Crippen LogP contribution in [-0.4, -0.2) is 24.9 Å². The molecular weight excluding hydrogens is 310 g/mol. The number of hydrogen-bond donors (Lipinski definition) is 1. The molecule has 0 bridgehead atoms. The summed E-state index contributed by atoms with van der Waals surface area (Å²) in [5, 5.41) is 3.32. The van der Waals surface area contributed by atoms with Crippen LogP contribution >= 0.6 is 0 Å². The van der Waals surface area contributed by atoms with Gasteiger partial charge in [-0.2, -0.15) is 0 Å². The molecule has 1 heterocycles. The Labute approximate surface area is 148 Å². The summed E-state index contributed by atoms with van der Waals surface area (Å²) in [4.78, 5) is 18.1. The van der Waals surface area contributed by atoms with Crippen LogP contribution in [0.3, 0.4) is 0 Å². The molecule has 0 saturated heterocycles. The van der Waals surface area contributed by atoms with E-state index in [1.807, 2.05) is 68.8 Å². The van der Waals surface area contributed by atoms with Gasteiger partial charge in [0.2, 0.25) is 0 Å². The van der Waals surface area contributed by atoms with Crippen LogP contribution in [0.5, 0.6) is 0 Å². The first-order chi connectivity index (χ1) is 12.0. The smallest absolute Gasteiger partial charge is 0.159 e. The lowest BCUT2D eigenvalue weighted by molar-refractivity contribution is 0.101. The van der Waals surface area contributed by atoms with Gasteiger partial charge < -0.3 is 10.2 Å². The van der Waals surface area contributed by atoms with E-state index < -0.39 is 0 Å². The molecule has 0 atom stereocenters. The number of ketones is 1. The van der Waals surface area contributed by atoms with Crippen LogP contribution in [0.2, 0.25) is 0 Å². The van der Waals surface area contributed by atoms with Crippen LogP contribution in [0.1, 0.15) is 17.3 Å². The lowest BCUT2D eigenvalue weighted by Crippen LogP contribution is -2.08. The molecule has 1 N–H and O–H groups in total. The van der Waals surface area contributed by atoms with Gasteiger partial charge in [0.15, 0.2) is 5.78 Å². The third-order valence-corrected chi connectivity index (χ3v) is 4.00. The predicted molar refractivity (Wildman–Crippen MR) is 104 cm³/mol. The summed E-state index contributed by atoms with van der Waals surface area (Å²) in [5.41, 5.74) is 4.80. The number of aromatic nitrogens is 1. The minimum atomic E-state index is 0.0638. The van der Waals surface area contributed by atoms with Crippen molar-refractivity contribution in [1.29, 1.82) is 0 Å². The van der Waals surface area contributed by atoms with Gasteiger partial charge in [0, 0.05) is 42.8 Å². The zero-order valence-corrected chi connectivity index (χ0v) is 14.7. The number of carbonyl (C=O) groups is 1. The fourth-order valence-corrected chi connectivity index (χ4v) is 2.57. The molecule has 2 aromatic carbocycles. The summed E-state index contributed by atoms with van der Waals surface area (Å²) in [6, 6.07) is 19.7. The van der Waals surface area contributed by atoms with Crippen molar-refractivity contribution in [2.75, 3.05) is 24.3 Å². The number of hydrogen-bond acceptors (Lipinski definition) is 4. The van der Waals surface area contributed by atoms with Crippen LogP contribution in [0.15, 0.2) is 66.9 Å². The number of Topliss-reactive ketones (excluding diaryl/α,β-unsaturated/α-hetero) is 1. The number of pyridine rings is 1. The highest BCUT2D eigenvalue weighted by atomic mass is 16.1. The minimum Gasteiger partial charge on any atom is -0.378 e. The van der Waals surface area contributed by atoms with E-state index in [-0.39, 0.29) is 5.78 Å². The first-order valence-corrected chi connectivity index (χ1v) is 8.15. The van der Waals surface area contributed by atoms with Crippen molar-refractivity contribution in [2.45, 2.75) is 6.92 Å². The highest BCUT2D eigenvalue weighted by Gasteiger charge is 2.04. The van der Waals surface area contributed by atoms with Crippen molar-refractivity contribution >= 4 is 23.0 Å². The Bertz CT molecular complexity index is 886. The predicted octanol–water partition coefficient (Wildman–Crippen LogP) is 4.76. The van der Waals surface area contributed by atoms with Crippen molar-refractivity contribution in [1.82, 2.24) is 4.98 Å². The van der Waals surface area contributed by atoms with E-state index in [0.29, 0.717) is 5.56 Å². The summed E-state index contributed by atoms with van der Waals surface area (Å²) in [6.45, 7) is 1.58. The van der Waals surface area contributed by atoms with Gasteiger partial charge in [-0.25, -0.2) is 4.98 Å². The van der Waals surface area contributed by atoms with Gasteiger partial charge >= 0.3 is 0 Å². The molecule has 0 radical (unpaired) electrons. The molecule has 0 amide bonds. The molecule has 0 spiro atoms. The summed E-state index contributed by atoms with van der Waals surface area (Å²) in [5.74, 6) is 0.844. The average molecular weight is 331 g/mol. The van der Waals surface area contributed by atoms with Crippen molar-refractivity contribution in [3.8, 4) is 11.1 Å². The summed E-state index contributed by atoms with van der Waals surface area (Å²) < 4.78 is 0. The van der Waals surface area contributed by atoms with Crippen LogP contribution in [0, 0.1) is 0 Å². The van der Waals surface area contributed by atoms with E-state index >= 15 is 0 Å². The Kier molecular flexibility index (Phi) is 4.80. The van der Waals surface area contributed by atoms with Crippen molar-refractivity contribution in [3.05, 3.63) is 72.4 Å². The molecule has 0 fully saturated rings. The largest absolute Gasteiger partial charge is 0.378 e. The topological polar surface area (TPSA) is 45.2 Å². The van der Waals surface area contributed by atoms with E-state index in [1.54, 1.807) is 6.92 Å². The highest BCUT2D eigenvalue weighted by molar-refractivity contribution is 5.95. The molecule has 4 heteroatoms. The first-order valence-electron chi connectivity index (χ1n) is 8.15. The Morgan fingerprint density at radius 2 is 1.76 bits per heavy atom. The molecule has 0 aliphatic heterocycles. The summed E-state index contributed by atoms with van der Waals surface area (Å²) >= 11 is 0. The number of nitrogens with one attached hydrogen (secondary N) is 1. The van der Waals surface area contributed by atoms with Crippen molar-refractivity contribution in [2.24, 2.45) is 0 Å². The van der Waals surface area contributed by atoms with Crippen molar-refractivity contribution < 1.29 is 4.79 Å². The zero-order valence-electron chi connectivity index (χ0n) is 14.7. The number of nitrogens with zero attached hydrogens (tertiary/aromatic N) is 2. The lowest BCUT2D eigenvalue weighted by atomic mass is 10.0. The van der Waals surface area contributed by atoms with E-state index in [9.17, 15) is 4.79 Å². The highest BCUT2D eigenvalue weighted by Crippen LogP contribution is 2.24. The van der Waals surface area contributed by atoms with Crippen LogP contribution in [-0.2, 0) is 0 Å². The Hall–Kier alpha value is -3.14. The van der Waals surface area contributed by atoms with Crippen molar-refractivity contribution in [3.63, 3.8) is 0 Å². The molecule has 3 aromatic rings. The summed E-state index contributed by atoms with van der Waals surface area (Å²) in [6.07, 6.45) is 1.82. The van der Waals surface area contributed by atoms with Gasteiger partial charge in [-0.05, 0) is 48.9 Å². The van der Waals surface area contributed by atoms with Gasteiger partial charge in [0.25, 0.3) is 0 Å². The van der Waals surface area contributed by atoms with E-state index in [2.05, 4.69) is 27.3 Å². The van der Waals surface area contributed by atoms with Crippen LogP contribution < -0.4 is 10.2 Å². The molecular formula is C21H21N3O. The third kappa shape index (κ3) is 4.04. The molecule has 25 heavy (non-hydrogen) atoms. The number of benzene rings is 2. The standard InChI is InChI=1S/C21H21N3O/c1-15(25)16-6-4-7-17(12-16)18-10-11-21(22-14-18)23-19-8-5-9-20(13-19)24(2)3/h4-14H,1-3H3,(H,22,23). The quantitative estimate of drug-likeness (QED) is 0.685. The molecule has 0 aliphatic rings. The Morgan fingerprint density at radius 3 is 2.44 bits per heavy atom.